The van der Waals surface area contributed by atoms with Crippen LogP contribution in [-0.2, 0) is 28.5 Å². The third-order valence-electron chi connectivity index (χ3n) is 5.20. The number of aromatic nitrogens is 2. The van der Waals surface area contributed by atoms with Crippen LogP contribution in [0.15, 0.2) is 30.5 Å². The van der Waals surface area contributed by atoms with E-state index in [-0.39, 0.29) is 17.4 Å². The highest BCUT2D eigenvalue weighted by Gasteiger charge is 2.38. The first-order chi connectivity index (χ1) is 14.3. The number of carbonyl (C=O) groups is 2. The Bertz CT molecular complexity index is 938. The Balaban J connectivity index is 0.000000423. The van der Waals surface area contributed by atoms with Crippen LogP contribution in [0.4, 0.5) is 13.2 Å². The van der Waals surface area contributed by atoms with Crippen molar-refractivity contribution < 1.29 is 27.9 Å². The summed E-state index contributed by atoms with van der Waals surface area (Å²) < 4.78 is 33.6. The van der Waals surface area contributed by atoms with Gasteiger partial charge in [-0.15, -0.1) is 0 Å². The molecule has 1 aliphatic heterocycles. The van der Waals surface area contributed by atoms with Gasteiger partial charge < -0.3 is 15.7 Å². The van der Waals surface area contributed by atoms with Crippen LogP contribution < -0.4 is 10.6 Å². The van der Waals surface area contributed by atoms with Crippen molar-refractivity contribution in [1.29, 1.82) is 0 Å². The highest BCUT2D eigenvalue weighted by Crippen LogP contribution is 2.26. The Kier molecular flexibility index (Phi) is 7.48. The van der Waals surface area contributed by atoms with E-state index in [2.05, 4.69) is 54.7 Å². The SMILES string of the molecule is Cc1ccccc1C(C)(C)CNC(=O)C1NCCc2c1cnn2C.O=C(O)C(F)(F)F. The highest BCUT2D eigenvalue weighted by atomic mass is 19.4. The van der Waals surface area contributed by atoms with Crippen molar-refractivity contribution in [3.8, 4) is 0 Å². The molecule has 2 aromatic rings. The normalized spacial score (nSPS) is 16.0. The molecule has 1 atom stereocenters. The zero-order valence-corrected chi connectivity index (χ0v) is 17.9. The van der Waals surface area contributed by atoms with Crippen LogP contribution in [-0.4, -0.2) is 46.0 Å². The van der Waals surface area contributed by atoms with Gasteiger partial charge >= 0.3 is 12.1 Å². The van der Waals surface area contributed by atoms with Gasteiger partial charge in [-0.1, -0.05) is 38.1 Å². The summed E-state index contributed by atoms with van der Waals surface area (Å²) in [6, 6.07) is 8.04. The smallest absolute Gasteiger partial charge is 0.475 e. The number of alkyl halides is 3. The van der Waals surface area contributed by atoms with E-state index in [1.54, 1.807) is 6.20 Å². The van der Waals surface area contributed by atoms with Crippen molar-refractivity contribution in [2.45, 2.75) is 44.8 Å². The number of aryl methyl sites for hydroxylation is 2. The molecule has 0 saturated carbocycles. The van der Waals surface area contributed by atoms with Gasteiger partial charge in [0.1, 0.15) is 6.04 Å². The number of aliphatic carboxylic acids is 1. The molecule has 1 amide bonds. The van der Waals surface area contributed by atoms with Crippen LogP contribution in [0.3, 0.4) is 0 Å². The molecule has 31 heavy (non-hydrogen) atoms. The maximum Gasteiger partial charge on any atom is 0.490 e. The van der Waals surface area contributed by atoms with E-state index in [1.165, 1.54) is 11.1 Å². The summed E-state index contributed by atoms with van der Waals surface area (Å²) in [6.45, 7) is 7.85. The molecule has 3 rings (SSSR count). The number of amides is 1. The fraction of sp³-hybridized carbons (Fsp3) is 0.476. The monoisotopic (exact) mass is 440 g/mol. The highest BCUT2D eigenvalue weighted by molar-refractivity contribution is 5.83. The first-order valence-corrected chi connectivity index (χ1v) is 9.72. The molecule has 0 spiro atoms. The first-order valence-electron chi connectivity index (χ1n) is 9.72. The Labute approximate surface area is 178 Å². The number of halogens is 3. The number of benzene rings is 1. The molecule has 170 valence electrons. The van der Waals surface area contributed by atoms with Crippen molar-refractivity contribution in [3.05, 3.63) is 52.8 Å². The van der Waals surface area contributed by atoms with Gasteiger partial charge in [-0.25, -0.2) is 4.79 Å². The van der Waals surface area contributed by atoms with Crippen molar-refractivity contribution in [1.82, 2.24) is 20.4 Å². The summed E-state index contributed by atoms with van der Waals surface area (Å²) in [4.78, 5) is 21.6. The van der Waals surface area contributed by atoms with E-state index in [4.69, 9.17) is 9.90 Å². The predicted octanol–water partition coefficient (Wildman–Crippen LogP) is 2.64. The summed E-state index contributed by atoms with van der Waals surface area (Å²) in [6.07, 6.45) is -2.37. The van der Waals surface area contributed by atoms with Crippen molar-refractivity contribution in [2.24, 2.45) is 7.05 Å². The number of rotatable bonds is 4. The average Bonchev–Trinajstić information content (AvgIpc) is 3.07. The minimum Gasteiger partial charge on any atom is -0.475 e. The number of carboxylic acids is 1. The standard InChI is InChI=1S/C19H26N4O.C2HF3O2/c1-13-7-5-6-8-15(13)19(2,3)12-21-18(24)17-14-11-22-23(4)16(14)9-10-20-17;3-2(4,5)1(6)7/h5-8,11,17,20H,9-10,12H2,1-4H3,(H,21,24);(H,6,7). The maximum absolute atomic E-state index is 12.7. The number of nitrogens with zero attached hydrogens (tertiary/aromatic N) is 2. The van der Waals surface area contributed by atoms with Gasteiger partial charge in [-0.05, 0) is 18.1 Å². The zero-order chi connectivity index (χ0) is 23.4. The lowest BCUT2D eigenvalue weighted by Crippen LogP contribution is -2.45. The average molecular weight is 440 g/mol. The van der Waals surface area contributed by atoms with E-state index in [9.17, 15) is 18.0 Å². The summed E-state index contributed by atoms with van der Waals surface area (Å²) in [5.41, 5.74) is 4.54. The molecule has 0 saturated heterocycles. The lowest BCUT2D eigenvalue weighted by atomic mass is 9.82. The van der Waals surface area contributed by atoms with Gasteiger partial charge in [0, 0.05) is 43.2 Å². The van der Waals surface area contributed by atoms with Gasteiger partial charge in [-0.3, -0.25) is 9.48 Å². The minimum atomic E-state index is -5.08. The zero-order valence-electron chi connectivity index (χ0n) is 17.9. The van der Waals surface area contributed by atoms with E-state index in [0.717, 1.165) is 24.2 Å². The lowest BCUT2D eigenvalue weighted by Gasteiger charge is -2.29. The van der Waals surface area contributed by atoms with E-state index in [0.29, 0.717) is 6.54 Å². The van der Waals surface area contributed by atoms with Crippen LogP contribution >= 0.6 is 0 Å². The molecular weight excluding hydrogens is 413 g/mol. The third-order valence-corrected chi connectivity index (χ3v) is 5.20. The van der Waals surface area contributed by atoms with Crippen LogP contribution in [0.1, 0.15) is 42.3 Å². The molecule has 0 fully saturated rings. The fourth-order valence-corrected chi connectivity index (χ4v) is 3.54. The number of fused-ring (bicyclic) bond motifs is 1. The van der Waals surface area contributed by atoms with Gasteiger partial charge in [0.25, 0.3) is 0 Å². The first kappa shape index (κ1) is 24.4. The van der Waals surface area contributed by atoms with Gasteiger partial charge in [0.05, 0.1) is 6.20 Å². The predicted molar refractivity (Wildman–Crippen MR) is 109 cm³/mol. The van der Waals surface area contributed by atoms with Crippen molar-refractivity contribution in [3.63, 3.8) is 0 Å². The molecule has 3 N–H and O–H groups in total. The molecule has 0 aliphatic carbocycles. The Hall–Kier alpha value is -2.88. The molecule has 1 aliphatic rings. The molecule has 1 aromatic carbocycles. The molecule has 1 aromatic heterocycles. The number of hydrogen-bond donors (Lipinski definition) is 3. The second kappa shape index (κ2) is 9.51. The second-order valence-electron chi connectivity index (χ2n) is 8.03. The topological polar surface area (TPSA) is 96.3 Å². The minimum absolute atomic E-state index is 0.0191. The Morgan fingerprint density at radius 3 is 2.48 bits per heavy atom. The Morgan fingerprint density at radius 2 is 1.90 bits per heavy atom. The number of hydrogen-bond acceptors (Lipinski definition) is 4. The summed E-state index contributed by atoms with van der Waals surface area (Å²) in [5, 5.41) is 17.9. The van der Waals surface area contributed by atoms with Crippen LogP contribution in [0, 0.1) is 6.92 Å². The van der Waals surface area contributed by atoms with Crippen LogP contribution in [0.25, 0.3) is 0 Å². The maximum atomic E-state index is 12.7. The van der Waals surface area contributed by atoms with Crippen LogP contribution in [0.5, 0.6) is 0 Å². The lowest BCUT2D eigenvalue weighted by molar-refractivity contribution is -0.192. The van der Waals surface area contributed by atoms with E-state index in [1.807, 2.05) is 17.8 Å². The van der Waals surface area contributed by atoms with Gasteiger partial charge in [0.2, 0.25) is 5.91 Å². The van der Waals surface area contributed by atoms with E-state index < -0.39 is 12.1 Å². The fourth-order valence-electron chi connectivity index (χ4n) is 3.54. The Morgan fingerprint density at radius 1 is 1.29 bits per heavy atom. The molecule has 2 heterocycles. The summed E-state index contributed by atoms with van der Waals surface area (Å²) in [7, 11) is 1.93. The number of nitrogens with one attached hydrogen (secondary N) is 2. The molecule has 7 nitrogen and oxygen atoms in total. The summed E-state index contributed by atoms with van der Waals surface area (Å²) >= 11 is 0. The number of carbonyl (C=O) groups excluding carboxylic acids is 1. The third kappa shape index (κ3) is 6.06. The largest absolute Gasteiger partial charge is 0.490 e. The van der Waals surface area contributed by atoms with E-state index >= 15 is 0 Å². The molecule has 0 bridgehead atoms. The van der Waals surface area contributed by atoms with Crippen molar-refractivity contribution in [2.75, 3.05) is 13.1 Å². The number of carboxylic acid groups (broad SMARTS) is 1. The summed E-state index contributed by atoms with van der Waals surface area (Å²) in [5.74, 6) is -2.74. The molecular formula is C21H27F3N4O3. The molecule has 1 unspecified atom stereocenters. The molecule has 0 radical (unpaired) electrons. The van der Waals surface area contributed by atoms with Crippen molar-refractivity contribution >= 4 is 11.9 Å². The van der Waals surface area contributed by atoms with Gasteiger partial charge in [0.15, 0.2) is 0 Å². The quantitative estimate of drug-likeness (QED) is 0.679. The second-order valence-corrected chi connectivity index (χ2v) is 8.03. The van der Waals surface area contributed by atoms with Gasteiger partial charge in [-0.2, -0.15) is 18.3 Å². The van der Waals surface area contributed by atoms with Crippen LogP contribution in [0.2, 0.25) is 0 Å². The molecule has 10 heteroatoms.